The maximum atomic E-state index is 12.5. The number of piperidine rings is 1. The smallest absolute Gasteiger partial charge is 0.309 e. The Morgan fingerprint density at radius 1 is 1.11 bits per heavy atom. The number of ether oxygens (including phenoxy) is 2. The van der Waals surface area contributed by atoms with Crippen molar-refractivity contribution in [3.05, 3.63) is 24.3 Å². The number of nitrogens with one attached hydrogen (secondary N) is 1. The van der Waals surface area contributed by atoms with E-state index in [9.17, 15) is 9.59 Å². The number of likely N-dealkylation sites (tertiary alicyclic amines) is 1. The number of carbonyl (C=O) groups excluding carboxylic acids is 2. The van der Waals surface area contributed by atoms with Gasteiger partial charge >= 0.3 is 5.97 Å². The van der Waals surface area contributed by atoms with E-state index >= 15 is 0 Å². The molecule has 1 aliphatic carbocycles. The van der Waals surface area contributed by atoms with E-state index in [1.807, 2.05) is 36.1 Å². The molecule has 0 spiro atoms. The minimum atomic E-state index is -0.138. The van der Waals surface area contributed by atoms with Crippen LogP contribution in [0.4, 0.5) is 5.69 Å². The van der Waals surface area contributed by atoms with Crippen molar-refractivity contribution in [1.29, 1.82) is 0 Å². The fourth-order valence-electron chi connectivity index (χ4n) is 3.81. The van der Waals surface area contributed by atoms with Gasteiger partial charge in [0.1, 0.15) is 5.75 Å². The van der Waals surface area contributed by atoms with Crippen LogP contribution in [0.15, 0.2) is 24.3 Å². The van der Waals surface area contributed by atoms with Crippen molar-refractivity contribution < 1.29 is 19.1 Å². The maximum absolute atomic E-state index is 12.5. The van der Waals surface area contributed by atoms with Gasteiger partial charge in [-0.3, -0.25) is 9.59 Å². The number of anilines is 1. The molecule has 1 aliphatic heterocycles. The lowest BCUT2D eigenvalue weighted by molar-refractivity contribution is -0.151. The van der Waals surface area contributed by atoms with Gasteiger partial charge in [-0.1, -0.05) is 12.1 Å². The van der Waals surface area contributed by atoms with Crippen LogP contribution < -0.4 is 10.1 Å². The second-order valence-electron chi connectivity index (χ2n) is 7.28. The first kappa shape index (κ1) is 19.5. The molecule has 0 atom stereocenters. The van der Waals surface area contributed by atoms with Crippen LogP contribution in [-0.2, 0) is 14.3 Å². The zero-order valence-electron chi connectivity index (χ0n) is 16.1. The molecule has 0 radical (unpaired) electrons. The highest BCUT2D eigenvalue weighted by atomic mass is 16.5. The van der Waals surface area contributed by atoms with Crippen molar-refractivity contribution in [2.45, 2.75) is 51.6 Å². The van der Waals surface area contributed by atoms with Gasteiger partial charge < -0.3 is 19.7 Å². The Bertz CT molecular complexity index is 635. The van der Waals surface area contributed by atoms with Gasteiger partial charge in [0.25, 0.3) is 0 Å². The van der Waals surface area contributed by atoms with Gasteiger partial charge in [0.15, 0.2) is 0 Å². The van der Waals surface area contributed by atoms with E-state index in [-0.39, 0.29) is 30.4 Å². The molecule has 1 heterocycles. The highest BCUT2D eigenvalue weighted by Gasteiger charge is 2.28. The Balaban J connectivity index is 1.48. The first-order valence-corrected chi connectivity index (χ1v) is 10.1. The fraction of sp³-hybridized carbons (Fsp3) is 0.619. The van der Waals surface area contributed by atoms with E-state index in [1.54, 1.807) is 0 Å². The van der Waals surface area contributed by atoms with Gasteiger partial charge in [-0.2, -0.15) is 0 Å². The second kappa shape index (κ2) is 9.62. The molecule has 1 N–H and O–H groups in total. The predicted molar refractivity (Wildman–Crippen MR) is 104 cm³/mol. The number of para-hydroxylation sites is 2. The molecule has 1 aromatic carbocycles. The third-order valence-corrected chi connectivity index (χ3v) is 5.38. The molecule has 2 fully saturated rings. The third-order valence-electron chi connectivity index (χ3n) is 5.38. The summed E-state index contributed by atoms with van der Waals surface area (Å²) < 4.78 is 11.2. The number of nitrogens with zero attached hydrogens (tertiary/aromatic N) is 1. The summed E-state index contributed by atoms with van der Waals surface area (Å²) in [4.78, 5) is 26.2. The molecule has 6 heteroatoms. The van der Waals surface area contributed by atoms with Crippen LogP contribution in [-0.4, -0.2) is 49.1 Å². The quantitative estimate of drug-likeness (QED) is 0.742. The first-order chi connectivity index (χ1) is 13.2. The van der Waals surface area contributed by atoms with Gasteiger partial charge in [-0.05, 0) is 57.6 Å². The lowest BCUT2D eigenvalue weighted by Crippen LogP contribution is -2.43. The van der Waals surface area contributed by atoms with E-state index < -0.39 is 0 Å². The van der Waals surface area contributed by atoms with Gasteiger partial charge in [0.05, 0.1) is 30.9 Å². The van der Waals surface area contributed by atoms with Gasteiger partial charge in [-0.25, -0.2) is 0 Å². The number of rotatable bonds is 7. The largest absolute Gasteiger partial charge is 0.488 e. The van der Waals surface area contributed by atoms with Crippen LogP contribution in [0.5, 0.6) is 5.75 Å². The standard InChI is InChI=1S/C21H30N2O4/c1-2-26-21(25)16-11-13-23(14-12-16)20(24)15-22-18-9-5-6-10-19(18)27-17-7-3-4-8-17/h5-6,9-10,16-17,22H,2-4,7-8,11-15H2,1H3. The maximum Gasteiger partial charge on any atom is 0.309 e. The van der Waals surface area contributed by atoms with Gasteiger partial charge in [-0.15, -0.1) is 0 Å². The molecule has 27 heavy (non-hydrogen) atoms. The monoisotopic (exact) mass is 374 g/mol. The summed E-state index contributed by atoms with van der Waals surface area (Å²) >= 11 is 0. The van der Waals surface area contributed by atoms with Crippen LogP contribution in [0.25, 0.3) is 0 Å². The number of amides is 1. The highest BCUT2D eigenvalue weighted by Crippen LogP contribution is 2.29. The molecule has 2 aliphatic rings. The molecule has 1 amide bonds. The average molecular weight is 374 g/mol. The Morgan fingerprint density at radius 2 is 1.81 bits per heavy atom. The van der Waals surface area contributed by atoms with E-state index in [4.69, 9.17) is 9.47 Å². The lowest BCUT2D eigenvalue weighted by atomic mass is 9.97. The third kappa shape index (κ3) is 5.37. The molecule has 1 saturated heterocycles. The van der Waals surface area contributed by atoms with Crippen LogP contribution >= 0.6 is 0 Å². The lowest BCUT2D eigenvalue weighted by Gasteiger charge is -2.31. The summed E-state index contributed by atoms with van der Waals surface area (Å²) in [6.45, 7) is 3.66. The zero-order chi connectivity index (χ0) is 19.1. The number of carbonyl (C=O) groups is 2. The van der Waals surface area contributed by atoms with Gasteiger partial charge in [0, 0.05) is 13.1 Å². The molecule has 0 aromatic heterocycles. The van der Waals surface area contributed by atoms with Crippen LogP contribution in [0.1, 0.15) is 45.4 Å². The molecular formula is C21H30N2O4. The predicted octanol–water partition coefficient (Wildman–Crippen LogP) is 3.22. The van der Waals surface area contributed by atoms with Crippen LogP contribution in [0.2, 0.25) is 0 Å². The minimum absolute atomic E-state index is 0.0491. The number of esters is 1. The molecule has 0 bridgehead atoms. The summed E-state index contributed by atoms with van der Waals surface area (Å²) in [7, 11) is 0. The zero-order valence-corrected chi connectivity index (χ0v) is 16.1. The van der Waals surface area contributed by atoms with E-state index in [1.165, 1.54) is 12.8 Å². The minimum Gasteiger partial charge on any atom is -0.488 e. The average Bonchev–Trinajstić information content (AvgIpc) is 3.20. The van der Waals surface area contributed by atoms with E-state index in [0.717, 1.165) is 24.3 Å². The first-order valence-electron chi connectivity index (χ1n) is 10.1. The number of hydrogen-bond donors (Lipinski definition) is 1. The van der Waals surface area contributed by atoms with Crippen LogP contribution in [0, 0.1) is 5.92 Å². The summed E-state index contributed by atoms with van der Waals surface area (Å²) in [5.74, 6) is 0.648. The Labute approximate surface area is 161 Å². The van der Waals surface area contributed by atoms with Crippen molar-refractivity contribution in [3.63, 3.8) is 0 Å². The van der Waals surface area contributed by atoms with Crippen molar-refractivity contribution in [2.24, 2.45) is 5.92 Å². The number of benzene rings is 1. The Hall–Kier alpha value is -2.24. The Kier molecular flexibility index (Phi) is 6.96. The summed E-state index contributed by atoms with van der Waals surface area (Å²) in [6, 6.07) is 7.80. The number of hydrogen-bond acceptors (Lipinski definition) is 5. The molecule has 6 nitrogen and oxygen atoms in total. The van der Waals surface area contributed by atoms with E-state index in [0.29, 0.717) is 32.5 Å². The SMILES string of the molecule is CCOC(=O)C1CCN(C(=O)CNc2ccccc2OC2CCCC2)CC1. The molecule has 0 unspecified atom stereocenters. The molecule has 1 aromatic rings. The highest BCUT2D eigenvalue weighted by molar-refractivity contribution is 5.82. The molecule has 148 valence electrons. The van der Waals surface area contributed by atoms with E-state index in [2.05, 4.69) is 5.32 Å². The molecule has 1 saturated carbocycles. The Morgan fingerprint density at radius 3 is 2.52 bits per heavy atom. The summed E-state index contributed by atoms with van der Waals surface area (Å²) in [5.41, 5.74) is 0.860. The van der Waals surface area contributed by atoms with Crippen molar-refractivity contribution >= 4 is 17.6 Å². The molecule has 3 rings (SSSR count). The topological polar surface area (TPSA) is 67.9 Å². The summed E-state index contributed by atoms with van der Waals surface area (Å²) in [6.07, 6.45) is 6.27. The van der Waals surface area contributed by atoms with Crippen molar-refractivity contribution in [3.8, 4) is 5.75 Å². The second-order valence-corrected chi connectivity index (χ2v) is 7.28. The van der Waals surface area contributed by atoms with Gasteiger partial charge in [0.2, 0.25) is 5.91 Å². The van der Waals surface area contributed by atoms with Crippen LogP contribution in [0.3, 0.4) is 0 Å². The molecular weight excluding hydrogens is 344 g/mol. The summed E-state index contributed by atoms with van der Waals surface area (Å²) in [5, 5.41) is 3.23. The van der Waals surface area contributed by atoms with Crippen molar-refractivity contribution in [2.75, 3.05) is 31.6 Å². The van der Waals surface area contributed by atoms with Crippen molar-refractivity contribution in [1.82, 2.24) is 4.90 Å². The fourth-order valence-corrected chi connectivity index (χ4v) is 3.81. The normalized spacial score (nSPS) is 18.3.